The van der Waals surface area contributed by atoms with E-state index in [1.807, 2.05) is 31.3 Å². The highest BCUT2D eigenvalue weighted by Crippen LogP contribution is 2.28. The molecule has 1 heterocycles. The number of likely N-dealkylation sites (N-methyl/N-ethyl adjacent to an activating group) is 1. The monoisotopic (exact) mass is 305 g/mol. The fraction of sp³-hybridized carbons (Fsp3) is 0.588. The van der Waals surface area contributed by atoms with Crippen LogP contribution >= 0.6 is 0 Å². The summed E-state index contributed by atoms with van der Waals surface area (Å²) in [6.45, 7) is 5.83. The number of amides is 1. The molecule has 1 aromatic rings. The number of rotatable bonds is 6. The van der Waals surface area contributed by atoms with Gasteiger partial charge < -0.3 is 15.4 Å². The molecule has 1 unspecified atom stereocenters. The topological polar surface area (TPSA) is 58.8 Å². The summed E-state index contributed by atoms with van der Waals surface area (Å²) in [7, 11) is 3.50. The normalized spacial score (nSPS) is 21.8. The molecule has 0 aromatic heterocycles. The Balaban J connectivity index is 1.84. The summed E-state index contributed by atoms with van der Waals surface area (Å²) in [6, 6.07) is 7.82. The lowest BCUT2D eigenvalue weighted by molar-refractivity contribution is -0.131. The molecule has 5 heteroatoms. The molecule has 5 nitrogen and oxygen atoms in total. The summed E-state index contributed by atoms with van der Waals surface area (Å²) in [6.07, 6.45) is 1.07. The van der Waals surface area contributed by atoms with E-state index in [0.29, 0.717) is 19.6 Å². The molecule has 0 bridgehead atoms. The molecule has 22 heavy (non-hydrogen) atoms. The van der Waals surface area contributed by atoms with Gasteiger partial charge in [0.15, 0.2) is 0 Å². The minimum absolute atomic E-state index is 0.150. The third-order valence-corrected chi connectivity index (χ3v) is 4.49. The lowest BCUT2D eigenvalue weighted by Crippen LogP contribution is -2.39. The van der Waals surface area contributed by atoms with Crippen LogP contribution < -0.4 is 10.5 Å². The lowest BCUT2D eigenvalue weighted by atomic mass is 9.90. The number of nitrogens with zero attached hydrogens (tertiary/aromatic N) is 2. The molecular weight excluding hydrogens is 278 g/mol. The van der Waals surface area contributed by atoms with Crippen molar-refractivity contribution in [2.45, 2.75) is 19.9 Å². The molecule has 1 aliphatic heterocycles. The lowest BCUT2D eigenvalue weighted by Gasteiger charge is -2.24. The summed E-state index contributed by atoms with van der Waals surface area (Å²) in [4.78, 5) is 16.3. The molecule has 1 aromatic carbocycles. The number of likely N-dealkylation sites (tertiary alicyclic amines) is 1. The first kappa shape index (κ1) is 16.8. The molecule has 0 spiro atoms. The second-order valence-electron chi connectivity index (χ2n) is 6.57. The Morgan fingerprint density at radius 2 is 2.09 bits per heavy atom. The summed E-state index contributed by atoms with van der Waals surface area (Å²) >= 11 is 0. The molecule has 1 amide bonds. The van der Waals surface area contributed by atoms with Gasteiger partial charge >= 0.3 is 0 Å². The van der Waals surface area contributed by atoms with E-state index < -0.39 is 0 Å². The van der Waals surface area contributed by atoms with E-state index in [-0.39, 0.29) is 11.3 Å². The first-order chi connectivity index (χ1) is 10.5. The zero-order valence-corrected chi connectivity index (χ0v) is 13.8. The number of hydrogen-bond donors (Lipinski definition) is 1. The van der Waals surface area contributed by atoms with E-state index >= 15 is 0 Å². The summed E-state index contributed by atoms with van der Waals surface area (Å²) < 4.78 is 5.14. The van der Waals surface area contributed by atoms with Crippen molar-refractivity contribution >= 4 is 5.91 Å². The van der Waals surface area contributed by atoms with E-state index in [9.17, 15) is 4.79 Å². The van der Waals surface area contributed by atoms with Gasteiger partial charge in [-0.15, -0.1) is 0 Å². The smallest absolute Gasteiger partial charge is 0.236 e. The molecule has 1 aliphatic rings. The highest BCUT2D eigenvalue weighted by molar-refractivity contribution is 5.78. The molecule has 1 saturated heterocycles. The van der Waals surface area contributed by atoms with Gasteiger partial charge in [0.05, 0.1) is 13.7 Å². The quantitative estimate of drug-likeness (QED) is 0.861. The van der Waals surface area contributed by atoms with Gasteiger partial charge in [0.25, 0.3) is 0 Å². The summed E-state index contributed by atoms with van der Waals surface area (Å²) in [5.41, 5.74) is 7.08. The molecule has 0 aliphatic carbocycles. The Bertz CT molecular complexity index is 503. The van der Waals surface area contributed by atoms with E-state index in [2.05, 4.69) is 11.8 Å². The van der Waals surface area contributed by atoms with Gasteiger partial charge in [0.2, 0.25) is 5.91 Å². The average Bonchev–Trinajstić information content (AvgIpc) is 2.90. The maximum atomic E-state index is 12.4. The Hall–Kier alpha value is -1.59. The number of nitrogens with two attached hydrogens (primary N) is 1. The van der Waals surface area contributed by atoms with Gasteiger partial charge in [-0.3, -0.25) is 9.69 Å². The number of carbonyl (C=O) groups excluding carboxylic acids is 1. The van der Waals surface area contributed by atoms with Crippen molar-refractivity contribution in [3.05, 3.63) is 29.8 Å². The largest absolute Gasteiger partial charge is 0.497 e. The van der Waals surface area contributed by atoms with Crippen LogP contribution in [0, 0.1) is 5.41 Å². The first-order valence-corrected chi connectivity index (χ1v) is 7.75. The SMILES string of the molecule is COc1ccc(CN(C)C(=O)CN2CCC(C)(CN)C2)cc1. The van der Waals surface area contributed by atoms with Gasteiger partial charge in [-0.1, -0.05) is 19.1 Å². The van der Waals surface area contributed by atoms with Crippen LogP contribution in [0.3, 0.4) is 0 Å². The molecular formula is C17H27N3O2. The van der Waals surface area contributed by atoms with E-state index in [4.69, 9.17) is 10.5 Å². The van der Waals surface area contributed by atoms with Crippen molar-refractivity contribution in [3.63, 3.8) is 0 Å². The zero-order chi connectivity index (χ0) is 16.2. The third kappa shape index (κ3) is 4.21. The molecule has 2 N–H and O–H groups in total. The van der Waals surface area contributed by atoms with Crippen molar-refractivity contribution in [1.82, 2.24) is 9.80 Å². The predicted octanol–water partition coefficient (Wildman–Crippen LogP) is 1.32. The second-order valence-corrected chi connectivity index (χ2v) is 6.57. The van der Waals surface area contributed by atoms with Crippen molar-refractivity contribution in [2.75, 3.05) is 40.3 Å². The van der Waals surface area contributed by atoms with E-state index in [1.54, 1.807) is 12.0 Å². The second kappa shape index (κ2) is 7.11. The van der Waals surface area contributed by atoms with Crippen molar-refractivity contribution in [3.8, 4) is 5.75 Å². The maximum Gasteiger partial charge on any atom is 0.236 e. The highest BCUT2D eigenvalue weighted by Gasteiger charge is 2.33. The number of benzene rings is 1. The number of methoxy groups -OCH3 is 1. The van der Waals surface area contributed by atoms with Crippen molar-refractivity contribution in [1.29, 1.82) is 0 Å². The van der Waals surface area contributed by atoms with Crippen LogP contribution in [0.4, 0.5) is 0 Å². The van der Waals surface area contributed by atoms with E-state index in [0.717, 1.165) is 30.8 Å². The molecule has 0 radical (unpaired) electrons. The van der Waals surface area contributed by atoms with E-state index in [1.165, 1.54) is 0 Å². The van der Waals surface area contributed by atoms with Crippen molar-refractivity contribution in [2.24, 2.45) is 11.1 Å². The standard InChI is InChI=1S/C17H27N3O2/c1-17(12-18)8-9-20(13-17)11-16(21)19(2)10-14-4-6-15(22-3)7-5-14/h4-7H,8-13,18H2,1-3H3. The summed E-state index contributed by atoms with van der Waals surface area (Å²) in [5.74, 6) is 0.980. The maximum absolute atomic E-state index is 12.4. The number of hydrogen-bond acceptors (Lipinski definition) is 4. The van der Waals surface area contributed by atoms with Gasteiger partial charge in [-0.2, -0.15) is 0 Å². The molecule has 0 saturated carbocycles. The Labute approximate surface area is 133 Å². The third-order valence-electron chi connectivity index (χ3n) is 4.49. The summed E-state index contributed by atoms with van der Waals surface area (Å²) in [5, 5.41) is 0. The van der Waals surface area contributed by atoms with Crippen LogP contribution in [0.15, 0.2) is 24.3 Å². The number of carbonyl (C=O) groups is 1. The zero-order valence-electron chi connectivity index (χ0n) is 13.8. The van der Waals surface area contributed by atoms with Gasteiger partial charge in [0, 0.05) is 20.1 Å². The van der Waals surface area contributed by atoms with Crippen LogP contribution in [-0.2, 0) is 11.3 Å². The van der Waals surface area contributed by atoms with Crippen LogP contribution in [0.5, 0.6) is 5.75 Å². The molecule has 1 fully saturated rings. The molecule has 2 rings (SSSR count). The van der Waals surface area contributed by atoms with Gasteiger partial charge in [-0.25, -0.2) is 0 Å². The number of ether oxygens (including phenoxy) is 1. The average molecular weight is 305 g/mol. The van der Waals surface area contributed by atoms with Crippen LogP contribution in [0.2, 0.25) is 0 Å². The Morgan fingerprint density at radius 1 is 1.41 bits per heavy atom. The minimum atomic E-state index is 0.150. The van der Waals surface area contributed by atoms with Crippen LogP contribution in [0.1, 0.15) is 18.9 Å². The van der Waals surface area contributed by atoms with Crippen LogP contribution in [0.25, 0.3) is 0 Å². The molecule has 1 atom stereocenters. The Morgan fingerprint density at radius 3 is 2.64 bits per heavy atom. The van der Waals surface area contributed by atoms with Gasteiger partial charge in [0.1, 0.15) is 5.75 Å². The fourth-order valence-corrected chi connectivity index (χ4v) is 2.83. The first-order valence-electron chi connectivity index (χ1n) is 7.75. The minimum Gasteiger partial charge on any atom is -0.497 e. The van der Waals surface area contributed by atoms with Crippen LogP contribution in [-0.4, -0.2) is 56.0 Å². The predicted molar refractivity (Wildman–Crippen MR) is 87.7 cm³/mol. The molecule has 122 valence electrons. The highest BCUT2D eigenvalue weighted by atomic mass is 16.5. The fourth-order valence-electron chi connectivity index (χ4n) is 2.83. The Kier molecular flexibility index (Phi) is 5.42. The van der Waals surface area contributed by atoms with Crippen molar-refractivity contribution < 1.29 is 9.53 Å². The van der Waals surface area contributed by atoms with Gasteiger partial charge in [-0.05, 0) is 42.6 Å².